The first-order valence-corrected chi connectivity index (χ1v) is 6.99. The van der Waals surface area contributed by atoms with E-state index in [1.165, 1.54) is 4.90 Å². The number of β-amino-alcohol motifs (C(OH)–C–C–N with tert-alkyl or cyclic N) is 1. The molecule has 2 fully saturated rings. The number of hydrogen-bond acceptors (Lipinski definition) is 4. The van der Waals surface area contributed by atoms with Gasteiger partial charge in [0.2, 0.25) is 5.91 Å². The molecule has 0 aromatic rings. The minimum Gasteiger partial charge on any atom is -0.480 e. The van der Waals surface area contributed by atoms with Crippen molar-refractivity contribution in [2.45, 2.75) is 44.2 Å². The van der Waals surface area contributed by atoms with Crippen LogP contribution in [-0.2, 0) is 9.59 Å². The van der Waals surface area contributed by atoms with Crippen LogP contribution in [0, 0.1) is 5.92 Å². The molecule has 0 saturated carbocycles. The summed E-state index contributed by atoms with van der Waals surface area (Å²) in [4.78, 5) is 24.5. The maximum absolute atomic E-state index is 12.1. The zero-order valence-electron chi connectivity index (χ0n) is 11.0. The molecule has 3 N–H and O–H groups in total. The van der Waals surface area contributed by atoms with Gasteiger partial charge in [0.15, 0.2) is 0 Å². The highest BCUT2D eigenvalue weighted by Gasteiger charge is 2.38. The minimum atomic E-state index is -1.02. The summed E-state index contributed by atoms with van der Waals surface area (Å²) in [5.74, 6) is -0.660. The molecule has 2 rings (SSSR count). The maximum Gasteiger partial charge on any atom is 0.326 e. The zero-order valence-corrected chi connectivity index (χ0v) is 11.0. The predicted octanol–water partition coefficient (Wildman–Crippen LogP) is -0.187. The number of carbonyl (C=O) groups is 2. The molecule has 2 saturated heterocycles. The molecule has 1 unspecified atom stereocenters. The van der Waals surface area contributed by atoms with Crippen molar-refractivity contribution in [3.63, 3.8) is 0 Å². The third-order valence-corrected chi connectivity index (χ3v) is 4.05. The number of rotatable bonds is 4. The van der Waals surface area contributed by atoms with E-state index in [1.54, 1.807) is 0 Å². The predicted molar refractivity (Wildman–Crippen MR) is 68.6 cm³/mol. The molecular weight excluding hydrogens is 248 g/mol. The number of amides is 1. The molecule has 6 heteroatoms. The number of aliphatic carboxylic acids is 1. The highest BCUT2D eigenvalue weighted by molar-refractivity contribution is 5.84. The fourth-order valence-corrected chi connectivity index (χ4v) is 2.97. The average Bonchev–Trinajstić information content (AvgIpc) is 2.79. The molecule has 0 spiro atoms. The number of aliphatic hydroxyl groups excluding tert-OH is 1. The smallest absolute Gasteiger partial charge is 0.326 e. The van der Waals surface area contributed by atoms with Gasteiger partial charge in [-0.25, -0.2) is 4.79 Å². The Bertz CT molecular complexity index is 342. The monoisotopic (exact) mass is 270 g/mol. The quantitative estimate of drug-likeness (QED) is 0.659. The van der Waals surface area contributed by atoms with E-state index in [0.717, 1.165) is 32.4 Å². The highest BCUT2D eigenvalue weighted by atomic mass is 16.4. The number of likely N-dealkylation sites (tertiary alicyclic amines) is 1. The van der Waals surface area contributed by atoms with Crippen LogP contribution in [0.25, 0.3) is 0 Å². The van der Waals surface area contributed by atoms with Gasteiger partial charge in [0.25, 0.3) is 0 Å². The lowest BCUT2D eigenvalue weighted by Gasteiger charge is -2.25. The van der Waals surface area contributed by atoms with Crippen molar-refractivity contribution in [1.29, 1.82) is 0 Å². The van der Waals surface area contributed by atoms with Crippen LogP contribution in [0.2, 0.25) is 0 Å². The van der Waals surface area contributed by atoms with Crippen molar-refractivity contribution in [3.05, 3.63) is 0 Å². The van der Waals surface area contributed by atoms with E-state index in [2.05, 4.69) is 5.32 Å². The first-order valence-electron chi connectivity index (χ1n) is 6.99. The Morgan fingerprint density at radius 3 is 2.79 bits per heavy atom. The minimum absolute atomic E-state index is 0.144. The Hall–Kier alpha value is -1.14. The van der Waals surface area contributed by atoms with Crippen LogP contribution in [0.1, 0.15) is 32.1 Å². The van der Waals surface area contributed by atoms with Crippen LogP contribution in [0.15, 0.2) is 0 Å². The van der Waals surface area contributed by atoms with Crippen LogP contribution >= 0.6 is 0 Å². The Morgan fingerprint density at radius 2 is 2.16 bits per heavy atom. The molecule has 6 nitrogen and oxygen atoms in total. The van der Waals surface area contributed by atoms with Gasteiger partial charge >= 0.3 is 5.97 Å². The molecule has 0 aromatic heterocycles. The number of piperidine rings is 1. The number of nitrogens with zero attached hydrogens (tertiary/aromatic N) is 1. The molecule has 0 aromatic carbocycles. The standard InChI is InChI=1S/C13H22N2O4/c16-10-6-11(13(18)19)15(8-10)12(17)4-3-9-2-1-5-14-7-9/h9-11,14,16H,1-8H2,(H,18,19)/t9?,10-,11-/m1/s1. The topological polar surface area (TPSA) is 89.9 Å². The summed E-state index contributed by atoms with van der Waals surface area (Å²) < 4.78 is 0. The average molecular weight is 270 g/mol. The molecule has 2 aliphatic heterocycles. The summed E-state index contributed by atoms with van der Waals surface area (Å²) in [7, 11) is 0. The van der Waals surface area contributed by atoms with Gasteiger partial charge < -0.3 is 20.4 Å². The number of nitrogens with one attached hydrogen (secondary N) is 1. The first kappa shape index (κ1) is 14.3. The second-order valence-electron chi connectivity index (χ2n) is 5.54. The highest BCUT2D eigenvalue weighted by Crippen LogP contribution is 2.22. The number of carbonyl (C=O) groups excluding carboxylic acids is 1. The SMILES string of the molecule is O=C(O)[C@H]1C[C@@H](O)CN1C(=O)CCC1CCCNC1. The molecule has 2 aliphatic rings. The zero-order chi connectivity index (χ0) is 13.8. The fraction of sp³-hybridized carbons (Fsp3) is 0.846. The van der Waals surface area contributed by atoms with Gasteiger partial charge in [-0.2, -0.15) is 0 Å². The molecule has 0 radical (unpaired) electrons. The normalized spacial score (nSPS) is 31.4. The van der Waals surface area contributed by atoms with Gasteiger partial charge in [-0.05, 0) is 38.3 Å². The first-order chi connectivity index (χ1) is 9.08. The van der Waals surface area contributed by atoms with Gasteiger partial charge in [-0.3, -0.25) is 4.79 Å². The van der Waals surface area contributed by atoms with Gasteiger partial charge in [0, 0.05) is 19.4 Å². The van der Waals surface area contributed by atoms with Crippen molar-refractivity contribution < 1.29 is 19.8 Å². The van der Waals surface area contributed by atoms with Gasteiger partial charge in [0.05, 0.1) is 6.10 Å². The number of hydrogen-bond donors (Lipinski definition) is 3. The summed E-state index contributed by atoms with van der Waals surface area (Å²) in [5, 5.41) is 21.9. The van der Waals surface area contributed by atoms with E-state index in [1.807, 2.05) is 0 Å². The lowest BCUT2D eigenvalue weighted by molar-refractivity contribution is -0.148. The molecule has 0 bridgehead atoms. The molecule has 1 amide bonds. The number of carboxylic acids is 1. The molecule has 19 heavy (non-hydrogen) atoms. The van der Waals surface area contributed by atoms with Crippen molar-refractivity contribution in [2.24, 2.45) is 5.92 Å². The fourth-order valence-electron chi connectivity index (χ4n) is 2.97. The largest absolute Gasteiger partial charge is 0.480 e. The lowest BCUT2D eigenvalue weighted by Crippen LogP contribution is -2.41. The molecule has 2 heterocycles. The van der Waals surface area contributed by atoms with Crippen LogP contribution in [-0.4, -0.2) is 58.8 Å². The van der Waals surface area contributed by atoms with Crippen molar-refractivity contribution in [2.75, 3.05) is 19.6 Å². The van der Waals surface area contributed by atoms with Gasteiger partial charge in [-0.15, -0.1) is 0 Å². The van der Waals surface area contributed by atoms with E-state index >= 15 is 0 Å². The lowest BCUT2D eigenvalue weighted by atomic mass is 9.94. The van der Waals surface area contributed by atoms with Gasteiger partial charge in [0.1, 0.15) is 6.04 Å². The van der Waals surface area contributed by atoms with Crippen molar-refractivity contribution >= 4 is 11.9 Å². The summed E-state index contributed by atoms with van der Waals surface area (Å²) in [6.45, 7) is 2.14. The molecular formula is C13H22N2O4. The van der Waals surface area contributed by atoms with E-state index in [4.69, 9.17) is 5.11 Å². The molecule has 0 aliphatic carbocycles. The van der Waals surface area contributed by atoms with Crippen LogP contribution in [0.4, 0.5) is 0 Å². The van der Waals surface area contributed by atoms with Crippen molar-refractivity contribution in [1.82, 2.24) is 10.2 Å². The number of carboxylic acid groups (broad SMARTS) is 1. The summed E-state index contributed by atoms with van der Waals surface area (Å²) in [6, 6.07) is -0.855. The van der Waals surface area contributed by atoms with Crippen LogP contribution < -0.4 is 5.32 Å². The van der Waals surface area contributed by atoms with Crippen LogP contribution in [0.3, 0.4) is 0 Å². The van der Waals surface area contributed by atoms with E-state index < -0.39 is 18.1 Å². The third-order valence-electron chi connectivity index (χ3n) is 4.05. The second-order valence-corrected chi connectivity index (χ2v) is 5.54. The molecule has 108 valence electrons. The molecule has 3 atom stereocenters. The maximum atomic E-state index is 12.1. The third kappa shape index (κ3) is 3.67. The Kier molecular flexibility index (Phi) is 4.76. The second kappa shape index (κ2) is 6.34. The summed E-state index contributed by atoms with van der Waals surface area (Å²) in [5.41, 5.74) is 0. The Labute approximate surface area is 112 Å². The number of aliphatic hydroxyl groups is 1. The van der Waals surface area contributed by atoms with Gasteiger partial charge in [-0.1, -0.05) is 0 Å². The van der Waals surface area contributed by atoms with E-state index in [0.29, 0.717) is 12.3 Å². The summed E-state index contributed by atoms with van der Waals surface area (Å²) in [6.07, 6.45) is 2.88. The van der Waals surface area contributed by atoms with Crippen LogP contribution in [0.5, 0.6) is 0 Å². The van der Waals surface area contributed by atoms with Crippen molar-refractivity contribution in [3.8, 4) is 0 Å². The Morgan fingerprint density at radius 1 is 1.37 bits per heavy atom. The Balaban J connectivity index is 1.82. The van der Waals surface area contributed by atoms with E-state index in [-0.39, 0.29) is 18.9 Å². The summed E-state index contributed by atoms with van der Waals surface area (Å²) >= 11 is 0. The van der Waals surface area contributed by atoms with E-state index in [9.17, 15) is 14.7 Å².